The van der Waals surface area contributed by atoms with Gasteiger partial charge in [0.1, 0.15) is 0 Å². The molecule has 1 aromatic rings. The molecule has 14 heavy (non-hydrogen) atoms. The Kier molecular flexibility index (Phi) is 5.15. The molecule has 0 aliphatic heterocycles. The Bertz CT molecular complexity index is 231. The second-order valence-corrected chi connectivity index (χ2v) is 4.93. The van der Waals surface area contributed by atoms with Gasteiger partial charge in [0.2, 0.25) is 0 Å². The van der Waals surface area contributed by atoms with Crippen LogP contribution in [0.3, 0.4) is 0 Å². The van der Waals surface area contributed by atoms with E-state index in [1.54, 1.807) is 0 Å². The summed E-state index contributed by atoms with van der Waals surface area (Å²) >= 11 is 1.84. The first kappa shape index (κ1) is 11.7. The van der Waals surface area contributed by atoms with Gasteiger partial charge in [-0.25, -0.2) is 0 Å². The van der Waals surface area contributed by atoms with Gasteiger partial charge in [-0.15, -0.1) is 11.3 Å². The molecule has 2 nitrogen and oxygen atoms in total. The standard InChI is InChI=1S/C11H20N2S/c1-10(12)5-7-13(2)8-6-11-4-3-9-14-11/h3-4,9-10H,5-8,12H2,1-2H3. The van der Waals surface area contributed by atoms with Gasteiger partial charge in [-0.2, -0.15) is 0 Å². The predicted molar refractivity (Wildman–Crippen MR) is 63.8 cm³/mol. The minimum atomic E-state index is 0.319. The highest BCUT2D eigenvalue weighted by molar-refractivity contribution is 7.09. The first-order valence-corrected chi connectivity index (χ1v) is 6.03. The molecule has 0 spiro atoms. The van der Waals surface area contributed by atoms with E-state index in [-0.39, 0.29) is 0 Å². The highest BCUT2D eigenvalue weighted by Gasteiger charge is 2.01. The summed E-state index contributed by atoms with van der Waals surface area (Å²) < 4.78 is 0. The fourth-order valence-corrected chi connectivity index (χ4v) is 1.99. The van der Waals surface area contributed by atoms with Crippen LogP contribution in [0, 0.1) is 0 Å². The number of nitrogens with two attached hydrogens (primary N) is 1. The molecular formula is C11H20N2S. The SMILES string of the molecule is CC(N)CCN(C)CCc1cccs1. The van der Waals surface area contributed by atoms with Gasteiger partial charge in [-0.3, -0.25) is 0 Å². The van der Waals surface area contributed by atoms with Crippen LogP contribution in [-0.2, 0) is 6.42 Å². The molecule has 3 heteroatoms. The smallest absolute Gasteiger partial charge is 0.00579 e. The third kappa shape index (κ3) is 4.74. The Balaban J connectivity index is 2.12. The number of hydrogen-bond donors (Lipinski definition) is 1. The van der Waals surface area contributed by atoms with Crippen molar-refractivity contribution in [1.82, 2.24) is 4.90 Å². The molecule has 0 saturated heterocycles. The molecule has 1 rings (SSSR count). The Labute approximate surface area is 90.7 Å². The highest BCUT2D eigenvalue weighted by Crippen LogP contribution is 2.09. The number of likely N-dealkylation sites (N-methyl/N-ethyl adjacent to an activating group) is 1. The molecule has 0 fully saturated rings. The second kappa shape index (κ2) is 6.17. The van der Waals surface area contributed by atoms with Gasteiger partial charge in [0.25, 0.3) is 0 Å². The summed E-state index contributed by atoms with van der Waals surface area (Å²) in [5.41, 5.74) is 5.71. The summed E-state index contributed by atoms with van der Waals surface area (Å²) in [7, 11) is 2.16. The van der Waals surface area contributed by atoms with Crippen molar-refractivity contribution in [2.24, 2.45) is 5.73 Å². The summed E-state index contributed by atoms with van der Waals surface area (Å²) in [5, 5.41) is 2.14. The van der Waals surface area contributed by atoms with E-state index < -0.39 is 0 Å². The van der Waals surface area contributed by atoms with Crippen LogP contribution in [-0.4, -0.2) is 31.1 Å². The van der Waals surface area contributed by atoms with Gasteiger partial charge in [0.05, 0.1) is 0 Å². The minimum Gasteiger partial charge on any atom is -0.328 e. The number of nitrogens with zero attached hydrogens (tertiary/aromatic N) is 1. The molecule has 0 amide bonds. The van der Waals surface area contributed by atoms with Crippen LogP contribution in [0.15, 0.2) is 17.5 Å². The molecule has 0 aliphatic rings. The summed E-state index contributed by atoms with van der Waals surface area (Å²) in [4.78, 5) is 3.82. The number of hydrogen-bond acceptors (Lipinski definition) is 3. The third-order valence-corrected chi connectivity index (χ3v) is 3.22. The Morgan fingerprint density at radius 2 is 2.29 bits per heavy atom. The van der Waals surface area contributed by atoms with Crippen LogP contribution in [0.5, 0.6) is 0 Å². The Hall–Kier alpha value is -0.380. The van der Waals surface area contributed by atoms with E-state index in [1.807, 2.05) is 11.3 Å². The quantitative estimate of drug-likeness (QED) is 0.781. The normalized spacial score (nSPS) is 13.4. The van der Waals surface area contributed by atoms with Crippen molar-refractivity contribution in [2.45, 2.75) is 25.8 Å². The predicted octanol–water partition coefficient (Wildman–Crippen LogP) is 1.96. The van der Waals surface area contributed by atoms with Crippen LogP contribution in [0.4, 0.5) is 0 Å². The van der Waals surface area contributed by atoms with Crippen LogP contribution >= 0.6 is 11.3 Å². The lowest BCUT2D eigenvalue weighted by Gasteiger charge is -2.17. The van der Waals surface area contributed by atoms with Crippen molar-refractivity contribution in [3.8, 4) is 0 Å². The fourth-order valence-electron chi connectivity index (χ4n) is 1.29. The van der Waals surface area contributed by atoms with Gasteiger partial charge < -0.3 is 10.6 Å². The first-order chi connectivity index (χ1) is 6.68. The molecule has 1 atom stereocenters. The van der Waals surface area contributed by atoms with Crippen molar-refractivity contribution < 1.29 is 0 Å². The minimum absolute atomic E-state index is 0.319. The van der Waals surface area contributed by atoms with Gasteiger partial charge in [0, 0.05) is 17.5 Å². The molecule has 1 heterocycles. The Morgan fingerprint density at radius 3 is 2.86 bits per heavy atom. The lowest BCUT2D eigenvalue weighted by molar-refractivity contribution is 0.325. The van der Waals surface area contributed by atoms with Crippen LogP contribution in [0.1, 0.15) is 18.2 Å². The lowest BCUT2D eigenvalue weighted by atomic mass is 10.2. The van der Waals surface area contributed by atoms with Crippen LogP contribution < -0.4 is 5.73 Å². The average Bonchev–Trinajstić information content (AvgIpc) is 2.63. The maximum Gasteiger partial charge on any atom is 0.00579 e. The molecule has 0 saturated carbocycles. The topological polar surface area (TPSA) is 29.3 Å². The van der Waals surface area contributed by atoms with Gasteiger partial charge in [0.15, 0.2) is 0 Å². The molecule has 1 unspecified atom stereocenters. The zero-order chi connectivity index (χ0) is 10.4. The third-order valence-electron chi connectivity index (χ3n) is 2.29. The zero-order valence-corrected chi connectivity index (χ0v) is 9.89. The van der Waals surface area contributed by atoms with Gasteiger partial charge in [-0.05, 0) is 44.8 Å². The van der Waals surface area contributed by atoms with Crippen molar-refractivity contribution >= 4 is 11.3 Å². The van der Waals surface area contributed by atoms with E-state index in [0.29, 0.717) is 6.04 Å². The molecule has 0 aromatic carbocycles. The lowest BCUT2D eigenvalue weighted by Crippen LogP contribution is -2.27. The highest BCUT2D eigenvalue weighted by atomic mass is 32.1. The summed E-state index contributed by atoms with van der Waals surface area (Å²) in [6.45, 7) is 4.30. The molecule has 1 aromatic heterocycles. The summed E-state index contributed by atoms with van der Waals surface area (Å²) in [6, 6.07) is 4.63. The molecule has 0 radical (unpaired) electrons. The summed E-state index contributed by atoms with van der Waals surface area (Å²) in [6.07, 6.45) is 2.24. The van der Waals surface area contributed by atoms with Crippen molar-refractivity contribution in [2.75, 3.05) is 20.1 Å². The van der Waals surface area contributed by atoms with E-state index in [1.165, 1.54) is 4.88 Å². The van der Waals surface area contributed by atoms with Crippen LogP contribution in [0.25, 0.3) is 0 Å². The molecule has 2 N–H and O–H groups in total. The van der Waals surface area contributed by atoms with Crippen molar-refractivity contribution in [3.05, 3.63) is 22.4 Å². The average molecular weight is 212 g/mol. The van der Waals surface area contributed by atoms with E-state index in [4.69, 9.17) is 5.73 Å². The maximum atomic E-state index is 5.71. The molecule has 80 valence electrons. The first-order valence-electron chi connectivity index (χ1n) is 5.15. The van der Waals surface area contributed by atoms with E-state index in [2.05, 4.69) is 36.4 Å². The van der Waals surface area contributed by atoms with Crippen molar-refractivity contribution in [1.29, 1.82) is 0 Å². The van der Waals surface area contributed by atoms with E-state index in [0.717, 1.165) is 25.9 Å². The fraction of sp³-hybridized carbons (Fsp3) is 0.636. The second-order valence-electron chi connectivity index (χ2n) is 3.90. The zero-order valence-electron chi connectivity index (χ0n) is 9.07. The molecule has 0 bridgehead atoms. The number of rotatable bonds is 6. The largest absolute Gasteiger partial charge is 0.328 e. The van der Waals surface area contributed by atoms with Crippen LogP contribution in [0.2, 0.25) is 0 Å². The monoisotopic (exact) mass is 212 g/mol. The van der Waals surface area contributed by atoms with Gasteiger partial charge >= 0.3 is 0 Å². The maximum absolute atomic E-state index is 5.71. The van der Waals surface area contributed by atoms with Gasteiger partial charge in [-0.1, -0.05) is 6.07 Å². The number of thiophene rings is 1. The summed E-state index contributed by atoms with van der Waals surface area (Å²) in [5.74, 6) is 0. The van der Waals surface area contributed by atoms with E-state index >= 15 is 0 Å². The molecule has 0 aliphatic carbocycles. The van der Waals surface area contributed by atoms with E-state index in [9.17, 15) is 0 Å². The van der Waals surface area contributed by atoms with Crippen molar-refractivity contribution in [3.63, 3.8) is 0 Å². The molecular weight excluding hydrogens is 192 g/mol. The Morgan fingerprint density at radius 1 is 1.50 bits per heavy atom.